The van der Waals surface area contributed by atoms with E-state index in [9.17, 15) is 0 Å². The summed E-state index contributed by atoms with van der Waals surface area (Å²) in [7, 11) is 0. The van der Waals surface area contributed by atoms with Crippen molar-refractivity contribution in [3.8, 4) is 44.8 Å². The van der Waals surface area contributed by atoms with Crippen molar-refractivity contribution in [1.29, 1.82) is 0 Å². The van der Waals surface area contributed by atoms with Crippen LogP contribution in [-0.4, -0.2) is 9.13 Å². The molecule has 0 bridgehead atoms. The first-order valence-corrected chi connectivity index (χ1v) is 17.2. The van der Waals surface area contributed by atoms with Gasteiger partial charge in [-0.1, -0.05) is 146 Å². The third-order valence-corrected chi connectivity index (χ3v) is 10.1. The lowest BCUT2D eigenvalue weighted by Crippen LogP contribution is -1.96. The molecule has 0 saturated carbocycles. The molecule has 0 N–H and O–H groups in total. The van der Waals surface area contributed by atoms with E-state index in [4.69, 9.17) is 0 Å². The van der Waals surface area contributed by atoms with E-state index in [1.54, 1.807) is 0 Å². The van der Waals surface area contributed by atoms with E-state index in [-0.39, 0.29) is 0 Å². The topological polar surface area (TPSA) is 9.86 Å². The standard InChI is InChI=1S/C48H32N2/c1-4-12-33(13-5-1)35-20-22-36(23-21-35)37-24-27-40(28-25-37)50-46-30-38(34-14-6-2-7-15-34)26-29-42(46)44-31-43-41-18-10-11-19-45(41)49(47(43)32-48(44)50)39-16-8-3-9-17-39/h1-32H. The van der Waals surface area contributed by atoms with Crippen molar-refractivity contribution in [2.75, 3.05) is 0 Å². The van der Waals surface area contributed by atoms with Crippen LogP contribution in [0.2, 0.25) is 0 Å². The summed E-state index contributed by atoms with van der Waals surface area (Å²) < 4.78 is 4.86. The van der Waals surface area contributed by atoms with Gasteiger partial charge in [-0.25, -0.2) is 0 Å². The van der Waals surface area contributed by atoms with Gasteiger partial charge in [0.2, 0.25) is 0 Å². The first-order chi connectivity index (χ1) is 24.8. The van der Waals surface area contributed by atoms with E-state index < -0.39 is 0 Å². The molecule has 2 aromatic heterocycles. The van der Waals surface area contributed by atoms with Crippen LogP contribution in [0.1, 0.15) is 0 Å². The largest absolute Gasteiger partial charge is 0.309 e. The molecule has 0 unspecified atom stereocenters. The zero-order valence-electron chi connectivity index (χ0n) is 27.4. The van der Waals surface area contributed by atoms with Crippen LogP contribution in [-0.2, 0) is 0 Å². The predicted octanol–water partition coefficient (Wildman–Crippen LogP) is 12.9. The highest BCUT2D eigenvalue weighted by atomic mass is 15.0. The number of benzene rings is 8. The summed E-state index contributed by atoms with van der Waals surface area (Å²) in [6.07, 6.45) is 0. The Kier molecular flexibility index (Phi) is 6.53. The normalized spacial score (nSPS) is 11.6. The van der Waals surface area contributed by atoms with Crippen LogP contribution in [0.3, 0.4) is 0 Å². The van der Waals surface area contributed by atoms with Crippen LogP contribution in [0.5, 0.6) is 0 Å². The van der Waals surface area contributed by atoms with Gasteiger partial charge in [-0.3, -0.25) is 0 Å². The van der Waals surface area contributed by atoms with Gasteiger partial charge in [0.05, 0.1) is 22.1 Å². The first-order valence-electron chi connectivity index (χ1n) is 17.2. The molecule has 0 saturated heterocycles. The zero-order valence-corrected chi connectivity index (χ0v) is 27.4. The van der Waals surface area contributed by atoms with Crippen molar-refractivity contribution in [3.05, 3.63) is 194 Å². The highest BCUT2D eigenvalue weighted by molar-refractivity contribution is 6.19. The van der Waals surface area contributed by atoms with Crippen LogP contribution in [0.25, 0.3) is 88.4 Å². The molecule has 0 spiro atoms. The Morgan fingerprint density at radius 1 is 0.220 bits per heavy atom. The van der Waals surface area contributed by atoms with Gasteiger partial charge in [-0.05, 0) is 81.9 Å². The SMILES string of the molecule is c1ccc(-c2ccc(-c3ccc(-n4c5cc(-c6ccccc6)ccc5c5cc6c7ccccc7n(-c7ccccc7)c6cc54)cc3)cc2)cc1. The monoisotopic (exact) mass is 636 g/mol. The molecule has 2 nitrogen and oxygen atoms in total. The minimum absolute atomic E-state index is 1.14. The average molecular weight is 637 g/mol. The summed E-state index contributed by atoms with van der Waals surface area (Å²) in [5.41, 5.74) is 14.4. The van der Waals surface area contributed by atoms with Crippen molar-refractivity contribution in [2.24, 2.45) is 0 Å². The fraction of sp³-hybridized carbons (Fsp3) is 0. The average Bonchev–Trinajstić information content (AvgIpc) is 3.69. The Morgan fingerprint density at radius 2 is 0.620 bits per heavy atom. The van der Waals surface area contributed by atoms with Gasteiger partial charge in [0.15, 0.2) is 0 Å². The minimum Gasteiger partial charge on any atom is -0.309 e. The van der Waals surface area contributed by atoms with Crippen molar-refractivity contribution in [1.82, 2.24) is 9.13 Å². The molecule has 0 aliphatic heterocycles. The minimum atomic E-state index is 1.14. The molecule has 2 heteroatoms. The number of hydrogen-bond acceptors (Lipinski definition) is 0. The zero-order chi connectivity index (χ0) is 33.0. The fourth-order valence-corrected chi connectivity index (χ4v) is 7.71. The number of para-hydroxylation sites is 2. The Hall–Kier alpha value is -6.64. The lowest BCUT2D eigenvalue weighted by atomic mass is 10.0. The summed E-state index contributed by atoms with van der Waals surface area (Å²) >= 11 is 0. The van der Waals surface area contributed by atoms with Crippen LogP contribution in [0.15, 0.2) is 194 Å². The summed E-state index contributed by atoms with van der Waals surface area (Å²) in [6, 6.07) is 70.4. The van der Waals surface area contributed by atoms with Crippen LogP contribution < -0.4 is 0 Å². The van der Waals surface area contributed by atoms with E-state index in [1.165, 1.54) is 77.0 Å². The van der Waals surface area contributed by atoms with Gasteiger partial charge >= 0.3 is 0 Å². The molecule has 0 radical (unpaired) electrons. The maximum absolute atomic E-state index is 2.45. The molecule has 2 heterocycles. The maximum atomic E-state index is 2.45. The summed E-state index contributed by atoms with van der Waals surface area (Å²) in [6.45, 7) is 0. The fourth-order valence-electron chi connectivity index (χ4n) is 7.71. The van der Waals surface area contributed by atoms with E-state index in [1.807, 2.05) is 0 Å². The van der Waals surface area contributed by atoms with E-state index in [0.29, 0.717) is 0 Å². The molecule has 10 rings (SSSR count). The van der Waals surface area contributed by atoms with Crippen LogP contribution >= 0.6 is 0 Å². The van der Waals surface area contributed by atoms with Crippen molar-refractivity contribution >= 4 is 43.6 Å². The van der Waals surface area contributed by atoms with E-state index >= 15 is 0 Å². The molecular weight excluding hydrogens is 605 g/mol. The Balaban J connectivity index is 1.19. The number of hydrogen-bond donors (Lipinski definition) is 0. The van der Waals surface area contributed by atoms with Gasteiger partial charge in [0, 0.05) is 32.9 Å². The quantitative estimate of drug-likeness (QED) is 0.178. The van der Waals surface area contributed by atoms with Gasteiger partial charge in [0.25, 0.3) is 0 Å². The van der Waals surface area contributed by atoms with Gasteiger partial charge < -0.3 is 9.13 Å². The lowest BCUT2D eigenvalue weighted by molar-refractivity contribution is 1.16. The molecule has 10 aromatic rings. The Bertz CT molecular complexity index is 2810. The molecule has 0 aliphatic rings. The second-order valence-electron chi connectivity index (χ2n) is 13.0. The van der Waals surface area contributed by atoms with Crippen molar-refractivity contribution in [2.45, 2.75) is 0 Å². The summed E-state index contributed by atoms with van der Waals surface area (Å²) in [5.74, 6) is 0. The molecule has 0 fully saturated rings. The molecule has 234 valence electrons. The number of aromatic nitrogens is 2. The van der Waals surface area contributed by atoms with Crippen molar-refractivity contribution < 1.29 is 0 Å². The molecular formula is C48H32N2. The van der Waals surface area contributed by atoms with Gasteiger partial charge in [-0.2, -0.15) is 0 Å². The second-order valence-corrected chi connectivity index (χ2v) is 13.0. The van der Waals surface area contributed by atoms with Crippen LogP contribution in [0.4, 0.5) is 0 Å². The first kappa shape index (κ1) is 28.4. The highest BCUT2D eigenvalue weighted by Gasteiger charge is 2.19. The van der Waals surface area contributed by atoms with Gasteiger partial charge in [-0.15, -0.1) is 0 Å². The summed E-state index contributed by atoms with van der Waals surface area (Å²) in [4.78, 5) is 0. The Morgan fingerprint density at radius 3 is 1.24 bits per heavy atom. The molecule has 0 amide bonds. The third-order valence-electron chi connectivity index (χ3n) is 10.1. The second kappa shape index (κ2) is 11.5. The smallest absolute Gasteiger partial charge is 0.0562 e. The van der Waals surface area contributed by atoms with E-state index in [0.717, 1.165) is 11.4 Å². The lowest BCUT2D eigenvalue weighted by Gasteiger charge is -2.12. The number of rotatable bonds is 5. The molecule has 0 aliphatic carbocycles. The molecule has 0 atom stereocenters. The summed E-state index contributed by atoms with van der Waals surface area (Å²) in [5, 5.41) is 5.03. The predicted molar refractivity (Wildman–Crippen MR) is 211 cm³/mol. The van der Waals surface area contributed by atoms with E-state index in [2.05, 4.69) is 203 Å². The van der Waals surface area contributed by atoms with Crippen LogP contribution in [0, 0.1) is 0 Å². The van der Waals surface area contributed by atoms with Gasteiger partial charge in [0.1, 0.15) is 0 Å². The number of nitrogens with zero attached hydrogens (tertiary/aromatic N) is 2. The third kappa shape index (κ3) is 4.57. The Labute approximate surface area is 290 Å². The molecule has 50 heavy (non-hydrogen) atoms. The number of fused-ring (bicyclic) bond motifs is 6. The highest BCUT2D eigenvalue weighted by Crippen LogP contribution is 2.41. The maximum Gasteiger partial charge on any atom is 0.0562 e. The van der Waals surface area contributed by atoms with Crippen molar-refractivity contribution in [3.63, 3.8) is 0 Å². The molecule has 8 aromatic carbocycles.